The van der Waals surface area contributed by atoms with Crippen molar-refractivity contribution in [3.05, 3.63) is 29.3 Å². The largest absolute Gasteiger partial charge is 0.493 e. The van der Waals surface area contributed by atoms with E-state index in [1.807, 2.05) is 12.1 Å². The molecule has 0 aromatic heterocycles. The minimum Gasteiger partial charge on any atom is -0.493 e. The second-order valence-electron chi connectivity index (χ2n) is 3.71. The molecule has 0 saturated carbocycles. The van der Waals surface area contributed by atoms with Crippen LogP contribution in [-0.4, -0.2) is 6.61 Å². The lowest BCUT2D eigenvalue weighted by molar-refractivity contribution is 0.302. The Labute approximate surface area is 87.1 Å². The quantitative estimate of drug-likeness (QED) is 0.645. The van der Waals surface area contributed by atoms with Gasteiger partial charge in [-0.1, -0.05) is 19.8 Å². The fraction of sp³-hybridized carbons (Fsp3) is 0.538. The summed E-state index contributed by atoms with van der Waals surface area (Å²) in [4.78, 5) is 0. The number of hydrogen-bond acceptors (Lipinski definition) is 1. The molecule has 0 N–H and O–H groups in total. The van der Waals surface area contributed by atoms with Crippen LogP contribution < -0.4 is 4.74 Å². The second-order valence-corrected chi connectivity index (χ2v) is 3.71. The summed E-state index contributed by atoms with van der Waals surface area (Å²) in [6, 6.07) is 7.04. The summed E-state index contributed by atoms with van der Waals surface area (Å²) >= 11 is 0. The molecule has 1 aromatic carbocycles. The molecule has 0 heterocycles. The molecule has 0 aliphatic heterocycles. The van der Waals surface area contributed by atoms with E-state index < -0.39 is 0 Å². The fourth-order valence-corrected chi connectivity index (χ4v) is 1.49. The van der Waals surface area contributed by atoms with Crippen LogP contribution in [0.3, 0.4) is 0 Å². The first-order chi connectivity index (χ1) is 6.75. The Balaban J connectivity index is 2.49. The first kappa shape index (κ1) is 11.1. The van der Waals surface area contributed by atoms with Gasteiger partial charge in [0.05, 0.1) is 6.61 Å². The maximum atomic E-state index is 5.75. The topological polar surface area (TPSA) is 9.23 Å². The van der Waals surface area contributed by atoms with Crippen molar-refractivity contribution in [3.8, 4) is 5.75 Å². The van der Waals surface area contributed by atoms with Gasteiger partial charge in [0.15, 0.2) is 0 Å². The molecule has 0 spiro atoms. The molecule has 1 aromatic rings. The first-order valence-electron chi connectivity index (χ1n) is 5.35. The maximum Gasteiger partial charge on any atom is 0.125 e. The smallest absolute Gasteiger partial charge is 0.125 e. The van der Waals surface area contributed by atoms with Crippen LogP contribution in [0.1, 0.15) is 37.3 Å². The Morgan fingerprint density at radius 1 is 1.14 bits per heavy atom. The third-order valence-corrected chi connectivity index (χ3v) is 2.31. The molecule has 0 bridgehead atoms. The third kappa shape index (κ3) is 3.06. The van der Waals surface area contributed by atoms with E-state index in [-0.39, 0.29) is 0 Å². The van der Waals surface area contributed by atoms with Gasteiger partial charge in [0.1, 0.15) is 5.75 Å². The molecule has 1 rings (SSSR count). The van der Waals surface area contributed by atoms with Crippen LogP contribution in [0.5, 0.6) is 5.75 Å². The summed E-state index contributed by atoms with van der Waals surface area (Å²) in [5.74, 6) is 1.04. The molecule has 77 valence electrons. The molecule has 0 atom stereocenters. The molecule has 1 radical (unpaired) electrons. The molecule has 0 aliphatic carbocycles. The monoisotopic (exact) mass is 191 g/mol. The Kier molecular flexibility index (Phi) is 4.51. The van der Waals surface area contributed by atoms with Gasteiger partial charge in [0.25, 0.3) is 0 Å². The van der Waals surface area contributed by atoms with Crippen molar-refractivity contribution in [3.63, 3.8) is 0 Å². The third-order valence-electron chi connectivity index (χ3n) is 2.31. The van der Waals surface area contributed by atoms with Crippen LogP contribution >= 0.6 is 0 Å². The van der Waals surface area contributed by atoms with E-state index in [0.717, 1.165) is 18.8 Å². The van der Waals surface area contributed by atoms with Crippen molar-refractivity contribution < 1.29 is 4.74 Å². The van der Waals surface area contributed by atoms with Gasteiger partial charge in [-0.25, -0.2) is 0 Å². The summed E-state index contributed by atoms with van der Waals surface area (Å²) in [5, 5.41) is 0. The standard InChI is InChI=1S/C13H19O/c1-4-5-6-10-14-13-11(2)8-7-9-12(13)3/h8-9H,4-6,10H2,1-3H3. The Bertz CT molecular complexity index is 258. The van der Waals surface area contributed by atoms with E-state index in [4.69, 9.17) is 4.74 Å². The van der Waals surface area contributed by atoms with Gasteiger partial charge in [-0.2, -0.15) is 0 Å². The minimum atomic E-state index is 0.833. The Morgan fingerprint density at radius 3 is 2.36 bits per heavy atom. The van der Waals surface area contributed by atoms with Gasteiger partial charge < -0.3 is 4.74 Å². The lowest BCUT2D eigenvalue weighted by Crippen LogP contribution is -2.00. The van der Waals surface area contributed by atoms with Crippen molar-refractivity contribution in [2.75, 3.05) is 6.61 Å². The molecule has 0 fully saturated rings. The van der Waals surface area contributed by atoms with Crippen molar-refractivity contribution in [1.82, 2.24) is 0 Å². The van der Waals surface area contributed by atoms with E-state index in [1.165, 1.54) is 24.0 Å². The molecule has 0 aliphatic rings. The van der Waals surface area contributed by atoms with Crippen molar-refractivity contribution in [2.45, 2.75) is 40.0 Å². The SMILES string of the molecule is CCCCCOc1c(C)c[c]cc1C. The highest BCUT2D eigenvalue weighted by molar-refractivity contribution is 5.39. The van der Waals surface area contributed by atoms with E-state index in [9.17, 15) is 0 Å². The molecule has 0 unspecified atom stereocenters. The summed E-state index contributed by atoms with van der Waals surface area (Å²) < 4.78 is 5.75. The first-order valence-corrected chi connectivity index (χ1v) is 5.35. The van der Waals surface area contributed by atoms with E-state index in [0.29, 0.717) is 0 Å². The lowest BCUT2D eigenvalue weighted by atomic mass is 10.1. The van der Waals surface area contributed by atoms with Crippen molar-refractivity contribution in [2.24, 2.45) is 0 Å². The van der Waals surface area contributed by atoms with E-state index >= 15 is 0 Å². The van der Waals surface area contributed by atoms with Gasteiger partial charge >= 0.3 is 0 Å². The van der Waals surface area contributed by atoms with Crippen molar-refractivity contribution >= 4 is 0 Å². The summed E-state index contributed by atoms with van der Waals surface area (Å²) in [7, 11) is 0. The van der Waals surface area contributed by atoms with Gasteiger partial charge in [0, 0.05) is 0 Å². The highest BCUT2D eigenvalue weighted by atomic mass is 16.5. The Hall–Kier alpha value is -0.980. The zero-order valence-corrected chi connectivity index (χ0v) is 9.39. The molecule has 0 amide bonds. The minimum absolute atomic E-state index is 0.833. The average molecular weight is 191 g/mol. The van der Waals surface area contributed by atoms with Gasteiger partial charge in [-0.15, -0.1) is 0 Å². The summed E-state index contributed by atoms with van der Waals surface area (Å²) in [5.41, 5.74) is 2.36. The lowest BCUT2D eigenvalue weighted by Gasteiger charge is -2.11. The molecule has 14 heavy (non-hydrogen) atoms. The summed E-state index contributed by atoms with van der Waals surface area (Å²) in [6.45, 7) is 7.17. The molecule has 1 heteroatoms. The van der Waals surface area contributed by atoms with E-state index in [2.05, 4.69) is 26.8 Å². The maximum absolute atomic E-state index is 5.75. The second kappa shape index (κ2) is 5.69. The number of unbranched alkanes of at least 4 members (excludes halogenated alkanes) is 2. The predicted octanol–water partition coefficient (Wildman–Crippen LogP) is 3.67. The zero-order valence-electron chi connectivity index (χ0n) is 9.39. The Morgan fingerprint density at radius 2 is 1.79 bits per heavy atom. The average Bonchev–Trinajstić information content (AvgIpc) is 2.16. The fourth-order valence-electron chi connectivity index (χ4n) is 1.49. The molecule has 1 nitrogen and oxygen atoms in total. The molecule has 0 saturated heterocycles. The van der Waals surface area contributed by atoms with Gasteiger partial charge in [-0.3, -0.25) is 0 Å². The number of benzene rings is 1. The number of rotatable bonds is 5. The van der Waals surface area contributed by atoms with Crippen LogP contribution in [0.25, 0.3) is 0 Å². The predicted molar refractivity (Wildman–Crippen MR) is 59.8 cm³/mol. The van der Waals surface area contributed by atoms with Crippen LogP contribution in [0.4, 0.5) is 0 Å². The van der Waals surface area contributed by atoms with Gasteiger partial charge in [0.2, 0.25) is 0 Å². The number of hydrogen-bond donors (Lipinski definition) is 0. The van der Waals surface area contributed by atoms with Crippen LogP contribution in [-0.2, 0) is 0 Å². The highest BCUT2D eigenvalue weighted by Crippen LogP contribution is 2.22. The van der Waals surface area contributed by atoms with Crippen molar-refractivity contribution in [1.29, 1.82) is 0 Å². The summed E-state index contributed by atoms with van der Waals surface area (Å²) in [6.07, 6.45) is 3.63. The normalized spacial score (nSPS) is 10.2. The zero-order chi connectivity index (χ0) is 10.4. The van der Waals surface area contributed by atoms with Crippen LogP contribution in [0, 0.1) is 19.9 Å². The van der Waals surface area contributed by atoms with Crippen LogP contribution in [0.15, 0.2) is 12.1 Å². The molecular weight excluding hydrogens is 172 g/mol. The highest BCUT2D eigenvalue weighted by Gasteiger charge is 2.01. The number of aryl methyl sites for hydroxylation is 2. The number of ether oxygens (including phenoxy) is 1. The van der Waals surface area contributed by atoms with E-state index in [1.54, 1.807) is 0 Å². The van der Waals surface area contributed by atoms with Crippen LogP contribution in [0.2, 0.25) is 0 Å². The van der Waals surface area contributed by atoms with Gasteiger partial charge in [-0.05, 0) is 49.6 Å². The molecular formula is C13H19O.